The molecule has 4 nitrogen and oxygen atoms in total. The van der Waals surface area contributed by atoms with E-state index in [0.717, 1.165) is 17.1 Å². The van der Waals surface area contributed by atoms with E-state index in [-0.39, 0.29) is 5.91 Å². The second-order valence-corrected chi connectivity index (χ2v) is 5.37. The number of rotatable bonds is 6. The molecule has 0 unspecified atom stereocenters. The maximum absolute atomic E-state index is 11.8. The van der Waals surface area contributed by atoms with Crippen LogP contribution in [0.15, 0.2) is 36.4 Å². The first-order valence-corrected chi connectivity index (χ1v) is 7.73. The Morgan fingerprint density at radius 1 is 1.04 bits per heavy atom. The van der Waals surface area contributed by atoms with Crippen LogP contribution in [0.2, 0.25) is 0 Å². The van der Waals surface area contributed by atoms with Gasteiger partial charge in [-0.2, -0.15) is 0 Å². The molecule has 0 atom stereocenters. The third-order valence-electron chi connectivity index (χ3n) is 3.72. The molecular weight excluding hydrogens is 290 g/mol. The Balaban J connectivity index is 2.21. The van der Waals surface area contributed by atoms with Gasteiger partial charge in [0.1, 0.15) is 18.1 Å². The highest BCUT2D eigenvalue weighted by atomic mass is 16.5. The van der Waals surface area contributed by atoms with E-state index in [9.17, 15) is 4.79 Å². The molecule has 0 aliphatic carbocycles. The summed E-state index contributed by atoms with van der Waals surface area (Å²) in [4.78, 5) is 11.8. The molecule has 0 heterocycles. The first kappa shape index (κ1) is 16.9. The van der Waals surface area contributed by atoms with Crippen molar-refractivity contribution >= 4 is 5.91 Å². The zero-order chi connectivity index (χ0) is 16.8. The van der Waals surface area contributed by atoms with Crippen molar-refractivity contribution in [2.75, 3.05) is 13.7 Å². The standard InChI is InChI=1S/C19H23NO3/c1-5-22-18-9-7-15(19(21)20-4)11-16(18)12-23-17-8-6-13(2)14(3)10-17/h6-11H,5,12H2,1-4H3,(H,20,21). The zero-order valence-corrected chi connectivity index (χ0v) is 14.1. The van der Waals surface area contributed by atoms with Crippen molar-refractivity contribution in [1.82, 2.24) is 5.32 Å². The largest absolute Gasteiger partial charge is 0.493 e. The quantitative estimate of drug-likeness (QED) is 0.885. The van der Waals surface area contributed by atoms with Gasteiger partial charge in [0.15, 0.2) is 0 Å². The van der Waals surface area contributed by atoms with Crippen molar-refractivity contribution in [3.63, 3.8) is 0 Å². The van der Waals surface area contributed by atoms with Gasteiger partial charge in [0.05, 0.1) is 6.61 Å². The van der Waals surface area contributed by atoms with E-state index >= 15 is 0 Å². The molecule has 4 heteroatoms. The van der Waals surface area contributed by atoms with Crippen molar-refractivity contribution in [3.8, 4) is 11.5 Å². The van der Waals surface area contributed by atoms with Crippen molar-refractivity contribution in [2.24, 2.45) is 0 Å². The number of benzene rings is 2. The van der Waals surface area contributed by atoms with Crippen LogP contribution in [0, 0.1) is 13.8 Å². The van der Waals surface area contributed by atoms with Gasteiger partial charge in [0, 0.05) is 18.2 Å². The van der Waals surface area contributed by atoms with Crippen molar-refractivity contribution in [1.29, 1.82) is 0 Å². The molecule has 0 fully saturated rings. The molecule has 23 heavy (non-hydrogen) atoms. The summed E-state index contributed by atoms with van der Waals surface area (Å²) in [5.74, 6) is 1.42. The van der Waals surface area contributed by atoms with Gasteiger partial charge in [-0.1, -0.05) is 6.07 Å². The van der Waals surface area contributed by atoms with Gasteiger partial charge in [-0.15, -0.1) is 0 Å². The van der Waals surface area contributed by atoms with Crippen LogP contribution < -0.4 is 14.8 Å². The predicted octanol–water partition coefficient (Wildman–Crippen LogP) is 3.64. The van der Waals surface area contributed by atoms with Crippen molar-refractivity contribution in [3.05, 3.63) is 58.7 Å². The van der Waals surface area contributed by atoms with E-state index in [2.05, 4.69) is 19.2 Å². The lowest BCUT2D eigenvalue weighted by Gasteiger charge is -2.13. The summed E-state index contributed by atoms with van der Waals surface area (Å²) in [7, 11) is 1.62. The molecule has 0 saturated heterocycles. The fourth-order valence-electron chi connectivity index (χ4n) is 2.24. The highest BCUT2D eigenvalue weighted by molar-refractivity contribution is 5.94. The number of amides is 1. The number of nitrogens with one attached hydrogen (secondary N) is 1. The molecule has 0 spiro atoms. The van der Waals surface area contributed by atoms with E-state index in [1.807, 2.05) is 37.3 Å². The first-order chi connectivity index (χ1) is 11.0. The molecule has 1 amide bonds. The summed E-state index contributed by atoms with van der Waals surface area (Å²) in [5.41, 5.74) is 3.86. The fraction of sp³-hybridized carbons (Fsp3) is 0.316. The highest BCUT2D eigenvalue weighted by Crippen LogP contribution is 2.24. The molecular formula is C19H23NO3. The first-order valence-electron chi connectivity index (χ1n) is 7.73. The summed E-state index contributed by atoms with van der Waals surface area (Å²) in [6.45, 7) is 6.97. The lowest BCUT2D eigenvalue weighted by molar-refractivity contribution is 0.0963. The molecule has 0 aliphatic heterocycles. The minimum absolute atomic E-state index is 0.125. The lowest BCUT2D eigenvalue weighted by Crippen LogP contribution is -2.18. The number of hydrogen-bond acceptors (Lipinski definition) is 3. The van der Waals surface area contributed by atoms with Crippen molar-refractivity contribution in [2.45, 2.75) is 27.4 Å². The van der Waals surface area contributed by atoms with Gasteiger partial charge in [0.25, 0.3) is 5.91 Å². The number of carbonyl (C=O) groups is 1. The number of carbonyl (C=O) groups excluding carboxylic acids is 1. The van der Waals surface area contributed by atoms with Gasteiger partial charge in [-0.3, -0.25) is 4.79 Å². The summed E-state index contributed by atoms with van der Waals surface area (Å²) < 4.78 is 11.5. The molecule has 0 aromatic heterocycles. The SMILES string of the molecule is CCOc1ccc(C(=O)NC)cc1COc1ccc(C)c(C)c1. The van der Waals surface area contributed by atoms with Crippen LogP contribution in [0.3, 0.4) is 0 Å². The minimum atomic E-state index is -0.125. The van der Waals surface area contributed by atoms with Crippen LogP contribution in [-0.2, 0) is 6.61 Å². The normalized spacial score (nSPS) is 10.3. The molecule has 2 aromatic carbocycles. The smallest absolute Gasteiger partial charge is 0.251 e. The average molecular weight is 313 g/mol. The summed E-state index contributed by atoms with van der Waals surface area (Å²) >= 11 is 0. The lowest BCUT2D eigenvalue weighted by atomic mass is 10.1. The average Bonchev–Trinajstić information content (AvgIpc) is 2.56. The second-order valence-electron chi connectivity index (χ2n) is 5.37. The monoisotopic (exact) mass is 313 g/mol. The predicted molar refractivity (Wildman–Crippen MR) is 91.2 cm³/mol. The maximum atomic E-state index is 11.8. The van der Waals surface area contributed by atoms with Crippen LogP contribution in [0.25, 0.3) is 0 Å². The van der Waals surface area contributed by atoms with Crippen LogP contribution in [-0.4, -0.2) is 19.6 Å². The van der Waals surface area contributed by atoms with Gasteiger partial charge in [0.2, 0.25) is 0 Å². The number of aryl methyl sites for hydroxylation is 2. The second kappa shape index (κ2) is 7.68. The van der Waals surface area contributed by atoms with Crippen LogP contribution in [0.4, 0.5) is 0 Å². The summed E-state index contributed by atoms with van der Waals surface area (Å²) in [6, 6.07) is 11.4. The molecule has 0 radical (unpaired) electrons. The summed E-state index contributed by atoms with van der Waals surface area (Å²) in [5, 5.41) is 2.63. The van der Waals surface area contributed by atoms with Crippen LogP contribution in [0.5, 0.6) is 11.5 Å². The van der Waals surface area contributed by atoms with Crippen LogP contribution in [0.1, 0.15) is 34.0 Å². The molecule has 0 saturated carbocycles. The Morgan fingerprint density at radius 3 is 2.48 bits per heavy atom. The highest BCUT2D eigenvalue weighted by Gasteiger charge is 2.10. The van der Waals surface area contributed by atoms with E-state index in [1.54, 1.807) is 13.1 Å². The zero-order valence-electron chi connectivity index (χ0n) is 14.1. The Bertz CT molecular complexity index is 695. The van der Waals surface area contributed by atoms with E-state index in [0.29, 0.717) is 18.8 Å². The summed E-state index contributed by atoms with van der Waals surface area (Å²) in [6.07, 6.45) is 0. The van der Waals surface area contributed by atoms with E-state index in [4.69, 9.17) is 9.47 Å². The molecule has 0 bridgehead atoms. The Kier molecular flexibility index (Phi) is 5.63. The minimum Gasteiger partial charge on any atom is -0.493 e. The Labute approximate surface area is 137 Å². The third-order valence-corrected chi connectivity index (χ3v) is 3.72. The van der Waals surface area contributed by atoms with Gasteiger partial charge in [-0.25, -0.2) is 0 Å². The van der Waals surface area contributed by atoms with Gasteiger partial charge < -0.3 is 14.8 Å². The molecule has 122 valence electrons. The molecule has 2 aromatic rings. The van der Waals surface area contributed by atoms with E-state index in [1.165, 1.54) is 11.1 Å². The van der Waals surface area contributed by atoms with E-state index < -0.39 is 0 Å². The van der Waals surface area contributed by atoms with Gasteiger partial charge >= 0.3 is 0 Å². The third kappa shape index (κ3) is 4.25. The van der Waals surface area contributed by atoms with Gasteiger partial charge in [-0.05, 0) is 62.2 Å². The molecule has 2 rings (SSSR count). The number of hydrogen-bond donors (Lipinski definition) is 1. The fourth-order valence-corrected chi connectivity index (χ4v) is 2.24. The maximum Gasteiger partial charge on any atom is 0.251 e. The molecule has 1 N–H and O–H groups in total. The van der Waals surface area contributed by atoms with Crippen molar-refractivity contribution < 1.29 is 14.3 Å². The Morgan fingerprint density at radius 2 is 1.83 bits per heavy atom. The topological polar surface area (TPSA) is 47.6 Å². The Hall–Kier alpha value is -2.49. The number of ether oxygens (including phenoxy) is 2. The molecule has 0 aliphatic rings. The van der Waals surface area contributed by atoms with Crippen LogP contribution >= 0.6 is 0 Å².